The molecule has 5 nitrogen and oxygen atoms in total. The summed E-state index contributed by atoms with van der Waals surface area (Å²) in [5.41, 5.74) is 2.63. The zero-order chi connectivity index (χ0) is 17.2. The molecule has 0 radical (unpaired) electrons. The van der Waals surface area contributed by atoms with E-state index in [-0.39, 0.29) is 11.9 Å². The van der Waals surface area contributed by atoms with Crippen molar-refractivity contribution in [1.29, 1.82) is 0 Å². The third-order valence-electron chi connectivity index (χ3n) is 4.15. The van der Waals surface area contributed by atoms with Gasteiger partial charge in [0.05, 0.1) is 12.7 Å². The molecular formula is C19H26N2O3. The molecule has 1 aromatic rings. The van der Waals surface area contributed by atoms with E-state index in [1.54, 1.807) is 18.2 Å². The van der Waals surface area contributed by atoms with Crippen LogP contribution < -0.4 is 10.6 Å². The lowest BCUT2D eigenvalue weighted by Gasteiger charge is -2.13. The summed E-state index contributed by atoms with van der Waals surface area (Å²) in [4.78, 5) is 23.6. The Morgan fingerprint density at radius 3 is 2.75 bits per heavy atom. The number of amides is 1. The smallest absolute Gasteiger partial charge is 0.339 e. The number of hydrogen-bond acceptors (Lipinski definition) is 4. The highest BCUT2D eigenvalue weighted by Crippen LogP contribution is 2.19. The first-order valence-electron chi connectivity index (χ1n) is 8.56. The van der Waals surface area contributed by atoms with Gasteiger partial charge in [-0.05, 0) is 44.2 Å². The molecule has 1 amide bonds. The van der Waals surface area contributed by atoms with Crippen LogP contribution in [0.3, 0.4) is 0 Å². The second kappa shape index (κ2) is 9.75. The molecule has 0 saturated carbocycles. The fourth-order valence-corrected chi connectivity index (χ4v) is 2.82. The van der Waals surface area contributed by atoms with Gasteiger partial charge in [-0.15, -0.1) is 0 Å². The number of para-hydroxylation sites is 1. The number of allylic oxidation sites excluding steroid dienone is 1. The van der Waals surface area contributed by atoms with Gasteiger partial charge in [0.2, 0.25) is 5.91 Å². The minimum Gasteiger partial charge on any atom is -0.465 e. The van der Waals surface area contributed by atoms with Gasteiger partial charge in [0.15, 0.2) is 0 Å². The molecule has 1 aliphatic carbocycles. The van der Waals surface area contributed by atoms with Crippen molar-refractivity contribution < 1.29 is 14.3 Å². The van der Waals surface area contributed by atoms with Gasteiger partial charge >= 0.3 is 5.97 Å². The molecule has 0 aromatic heterocycles. The van der Waals surface area contributed by atoms with E-state index in [1.165, 1.54) is 38.4 Å². The van der Waals surface area contributed by atoms with Crippen LogP contribution in [-0.4, -0.2) is 32.1 Å². The molecule has 0 unspecified atom stereocenters. The number of hydrogen-bond donors (Lipinski definition) is 2. The lowest BCUT2D eigenvalue weighted by Crippen LogP contribution is -2.26. The van der Waals surface area contributed by atoms with E-state index in [0.29, 0.717) is 30.8 Å². The number of esters is 1. The third kappa shape index (κ3) is 5.72. The van der Waals surface area contributed by atoms with E-state index in [1.807, 2.05) is 6.07 Å². The van der Waals surface area contributed by atoms with Crippen LogP contribution in [0.25, 0.3) is 0 Å². The molecule has 0 atom stereocenters. The first kappa shape index (κ1) is 18.0. The molecule has 0 saturated heterocycles. The predicted molar refractivity (Wildman–Crippen MR) is 95.1 cm³/mol. The van der Waals surface area contributed by atoms with E-state index in [2.05, 4.69) is 16.7 Å². The van der Waals surface area contributed by atoms with Crippen molar-refractivity contribution >= 4 is 17.6 Å². The Morgan fingerprint density at radius 2 is 2.00 bits per heavy atom. The average Bonchev–Trinajstić information content (AvgIpc) is 2.62. The maximum atomic E-state index is 11.9. The zero-order valence-corrected chi connectivity index (χ0v) is 14.3. The Hall–Kier alpha value is -2.30. The van der Waals surface area contributed by atoms with Gasteiger partial charge in [0, 0.05) is 25.2 Å². The fraction of sp³-hybridized carbons (Fsp3) is 0.474. The van der Waals surface area contributed by atoms with Crippen LogP contribution in [0.1, 0.15) is 48.9 Å². The van der Waals surface area contributed by atoms with Crippen LogP contribution in [0.15, 0.2) is 35.9 Å². The Morgan fingerprint density at radius 1 is 1.17 bits per heavy atom. The third-order valence-corrected chi connectivity index (χ3v) is 4.15. The molecule has 1 aromatic carbocycles. The minimum atomic E-state index is -0.386. The maximum absolute atomic E-state index is 11.9. The van der Waals surface area contributed by atoms with Gasteiger partial charge in [-0.2, -0.15) is 0 Å². The van der Waals surface area contributed by atoms with E-state index in [4.69, 9.17) is 4.74 Å². The summed E-state index contributed by atoms with van der Waals surface area (Å²) < 4.78 is 4.75. The van der Waals surface area contributed by atoms with Crippen LogP contribution >= 0.6 is 0 Å². The Balaban J connectivity index is 1.69. The highest BCUT2D eigenvalue weighted by atomic mass is 16.5. The van der Waals surface area contributed by atoms with Crippen molar-refractivity contribution in [3.8, 4) is 0 Å². The van der Waals surface area contributed by atoms with E-state index < -0.39 is 0 Å². The van der Waals surface area contributed by atoms with Crippen LogP contribution in [0.4, 0.5) is 5.69 Å². The number of benzene rings is 1. The lowest BCUT2D eigenvalue weighted by atomic mass is 9.97. The number of ether oxygens (including phenoxy) is 1. The standard InChI is InChI=1S/C19H26N2O3/c1-24-19(23)16-9-5-6-10-17(16)20-14-12-18(22)21-13-11-15-7-3-2-4-8-15/h5-7,9-10,20H,2-4,8,11-14H2,1H3,(H,21,22). The molecular weight excluding hydrogens is 304 g/mol. The molecule has 130 valence electrons. The first-order chi connectivity index (χ1) is 11.7. The molecule has 5 heteroatoms. The van der Waals surface area contributed by atoms with Crippen molar-refractivity contribution in [2.45, 2.75) is 38.5 Å². The van der Waals surface area contributed by atoms with Crippen LogP contribution in [0, 0.1) is 0 Å². The highest BCUT2D eigenvalue weighted by Gasteiger charge is 2.11. The van der Waals surface area contributed by atoms with Crippen molar-refractivity contribution in [3.05, 3.63) is 41.5 Å². The Labute approximate surface area is 143 Å². The van der Waals surface area contributed by atoms with Crippen molar-refractivity contribution in [3.63, 3.8) is 0 Å². The SMILES string of the molecule is COC(=O)c1ccccc1NCCC(=O)NCCC1=CCCCC1. The fourth-order valence-electron chi connectivity index (χ4n) is 2.82. The molecule has 0 heterocycles. The van der Waals surface area contributed by atoms with Gasteiger partial charge in [-0.25, -0.2) is 4.79 Å². The molecule has 0 aliphatic heterocycles. The molecule has 2 N–H and O–H groups in total. The number of nitrogens with one attached hydrogen (secondary N) is 2. The Kier molecular flexibility index (Phi) is 7.33. The number of rotatable bonds is 8. The van der Waals surface area contributed by atoms with Gasteiger partial charge in [0.1, 0.15) is 0 Å². The summed E-state index contributed by atoms with van der Waals surface area (Å²) in [7, 11) is 1.36. The van der Waals surface area contributed by atoms with Gasteiger partial charge in [-0.1, -0.05) is 23.8 Å². The van der Waals surface area contributed by atoms with E-state index in [9.17, 15) is 9.59 Å². The van der Waals surface area contributed by atoms with E-state index >= 15 is 0 Å². The summed E-state index contributed by atoms with van der Waals surface area (Å²) in [6, 6.07) is 7.13. The highest BCUT2D eigenvalue weighted by molar-refractivity contribution is 5.95. The van der Waals surface area contributed by atoms with Crippen LogP contribution in [-0.2, 0) is 9.53 Å². The number of methoxy groups -OCH3 is 1. The van der Waals surface area contributed by atoms with Crippen LogP contribution in [0.5, 0.6) is 0 Å². The summed E-state index contributed by atoms with van der Waals surface area (Å²) in [6.07, 6.45) is 8.52. The Bertz CT molecular complexity index is 596. The number of anilines is 1. The quantitative estimate of drug-likeness (QED) is 0.567. The van der Waals surface area contributed by atoms with Crippen molar-refractivity contribution in [2.24, 2.45) is 0 Å². The molecule has 24 heavy (non-hydrogen) atoms. The topological polar surface area (TPSA) is 67.4 Å². The van der Waals surface area contributed by atoms with Gasteiger partial charge < -0.3 is 15.4 Å². The molecule has 0 fully saturated rings. The molecule has 1 aliphatic rings. The largest absolute Gasteiger partial charge is 0.465 e. The maximum Gasteiger partial charge on any atom is 0.339 e. The number of carbonyl (C=O) groups excluding carboxylic acids is 2. The van der Waals surface area contributed by atoms with Crippen LogP contribution in [0.2, 0.25) is 0 Å². The normalized spacial score (nSPS) is 13.8. The van der Waals surface area contributed by atoms with Crippen molar-refractivity contribution in [2.75, 3.05) is 25.5 Å². The molecule has 0 bridgehead atoms. The predicted octanol–water partition coefficient (Wildman–Crippen LogP) is 3.28. The summed E-state index contributed by atoms with van der Waals surface area (Å²) in [6.45, 7) is 1.17. The minimum absolute atomic E-state index is 0.0226. The molecule has 0 spiro atoms. The molecule has 2 rings (SSSR count). The van der Waals surface area contributed by atoms with E-state index in [0.717, 1.165) is 6.42 Å². The average molecular weight is 330 g/mol. The summed E-state index contributed by atoms with van der Waals surface area (Å²) >= 11 is 0. The second-order valence-corrected chi connectivity index (χ2v) is 5.92. The zero-order valence-electron chi connectivity index (χ0n) is 14.3. The lowest BCUT2D eigenvalue weighted by molar-refractivity contribution is -0.120. The van der Waals surface area contributed by atoms with Crippen molar-refractivity contribution in [1.82, 2.24) is 5.32 Å². The summed E-state index contributed by atoms with van der Waals surface area (Å²) in [5.74, 6) is -0.363. The second-order valence-electron chi connectivity index (χ2n) is 5.92. The number of carbonyl (C=O) groups is 2. The van der Waals surface area contributed by atoms with Gasteiger partial charge in [-0.3, -0.25) is 4.79 Å². The first-order valence-corrected chi connectivity index (χ1v) is 8.56. The summed E-state index contributed by atoms with van der Waals surface area (Å²) in [5, 5.41) is 6.08. The monoisotopic (exact) mass is 330 g/mol. The van der Waals surface area contributed by atoms with Gasteiger partial charge in [0.25, 0.3) is 0 Å².